The molecule has 1 aliphatic rings. The number of Topliss-reactive ketones (excluding diaryl/α,β-unsaturated/α-hetero) is 1. The molecule has 0 atom stereocenters. The average Bonchev–Trinajstić information content (AvgIpc) is 3.29. The topological polar surface area (TPSA) is 50.3 Å². The molecule has 2 aromatic heterocycles. The molecule has 0 saturated carbocycles. The minimum atomic E-state index is -0.261. The number of anilines is 3. The lowest BCUT2D eigenvalue weighted by atomic mass is 9.98. The fourth-order valence-corrected chi connectivity index (χ4v) is 5.00. The normalized spacial score (nSPS) is 12.8. The zero-order chi connectivity index (χ0) is 22.1. The van der Waals surface area contributed by atoms with E-state index in [1.165, 1.54) is 22.5 Å². The van der Waals surface area contributed by atoms with Crippen molar-refractivity contribution in [3.63, 3.8) is 0 Å². The second kappa shape index (κ2) is 8.36. The Balaban J connectivity index is 1.54. The molecule has 0 bridgehead atoms. The summed E-state index contributed by atoms with van der Waals surface area (Å²) in [6, 6.07) is 23.6. The van der Waals surface area contributed by atoms with E-state index in [4.69, 9.17) is 0 Å². The van der Waals surface area contributed by atoms with E-state index in [1.54, 1.807) is 18.3 Å². The Labute approximate surface area is 190 Å². The number of carbonyl (C=O) groups excluding carboxylic acids is 2. The van der Waals surface area contributed by atoms with Crippen LogP contribution < -0.4 is 4.90 Å². The minimum Gasteiger partial charge on any atom is -0.298 e. The number of thiophene rings is 1. The van der Waals surface area contributed by atoms with Crippen LogP contribution in [0.15, 0.2) is 84.6 Å². The van der Waals surface area contributed by atoms with E-state index in [1.807, 2.05) is 49.4 Å². The van der Waals surface area contributed by atoms with E-state index < -0.39 is 0 Å². The van der Waals surface area contributed by atoms with Gasteiger partial charge in [0.15, 0.2) is 12.1 Å². The lowest BCUT2D eigenvalue weighted by Gasteiger charge is -2.30. The van der Waals surface area contributed by atoms with E-state index in [9.17, 15) is 9.59 Å². The Kier molecular flexibility index (Phi) is 5.25. The number of hydrogen-bond acceptors (Lipinski definition) is 5. The molecule has 0 amide bonds. The molecule has 156 valence electrons. The molecule has 4 nitrogen and oxygen atoms in total. The highest BCUT2D eigenvalue weighted by atomic mass is 32.1. The van der Waals surface area contributed by atoms with Gasteiger partial charge in [-0.25, -0.2) is 4.98 Å². The van der Waals surface area contributed by atoms with Gasteiger partial charge in [0.1, 0.15) is 10.8 Å². The van der Waals surface area contributed by atoms with Crippen LogP contribution in [0.2, 0.25) is 0 Å². The maximum atomic E-state index is 12.9. The van der Waals surface area contributed by atoms with Crippen molar-refractivity contribution in [2.75, 3.05) is 4.90 Å². The van der Waals surface area contributed by atoms with Gasteiger partial charge in [0.05, 0.1) is 11.3 Å². The lowest BCUT2D eigenvalue weighted by Crippen LogP contribution is -2.18. The maximum absolute atomic E-state index is 12.9. The first-order valence-corrected chi connectivity index (χ1v) is 11.2. The Bertz CT molecular complexity index is 1320. The largest absolute Gasteiger partial charge is 0.298 e. The van der Waals surface area contributed by atoms with Crippen LogP contribution in [-0.2, 0) is 11.2 Å². The van der Waals surface area contributed by atoms with Gasteiger partial charge in [-0.15, -0.1) is 11.3 Å². The van der Waals surface area contributed by atoms with Crippen molar-refractivity contribution in [3.05, 3.63) is 112 Å². The molecule has 0 aliphatic carbocycles. The number of nitrogens with zero attached hydrogens (tertiary/aromatic N) is 2. The first kappa shape index (κ1) is 20.1. The number of rotatable bonds is 5. The summed E-state index contributed by atoms with van der Waals surface area (Å²) in [6.45, 7) is 1.87. The first-order chi connectivity index (χ1) is 15.7. The van der Waals surface area contributed by atoms with Gasteiger partial charge in [-0.3, -0.25) is 14.5 Å². The highest BCUT2D eigenvalue weighted by Crippen LogP contribution is 2.45. The molecule has 0 fully saturated rings. The zero-order valence-electron chi connectivity index (χ0n) is 17.5. The Hall–Kier alpha value is -3.83. The van der Waals surface area contributed by atoms with Crippen molar-refractivity contribution >= 4 is 46.0 Å². The number of ketones is 1. The van der Waals surface area contributed by atoms with Gasteiger partial charge < -0.3 is 0 Å². The van der Waals surface area contributed by atoms with Crippen molar-refractivity contribution < 1.29 is 9.59 Å². The highest BCUT2D eigenvalue weighted by Gasteiger charge is 2.25. The van der Waals surface area contributed by atoms with Crippen LogP contribution in [0.4, 0.5) is 16.5 Å². The van der Waals surface area contributed by atoms with E-state index in [-0.39, 0.29) is 11.4 Å². The number of carbonyl (C=O) groups is 2. The lowest BCUT2D eigenvalue weighted by molar-refractivity contribution is -0.104. The number of benzene rings is 2. The van der Waals surface area contributed by atoms with Gasteiger partial charge in [-0.05, 0) is 54.0 Å². The quantitative estimate of drug-likeness (QED) is 0.107. The molecule has 3 heterocycles. The molecule has 32 heavy (non-hydrogen) atoms. The van der Waals surface area contributed by atoms with Crippen molar-refractivity contribution in [1.82, 2.24) is 4.98 Å². The summed E-state index contributed by atoms with van der Waals surface area (Å²) in [5.74, 6) is 0.651. The number of aromatic nitrogens is 1. The Morgan fingerprint density at radius 3 is 2.59 bits per heavy atom. The maximum Gasteiger partial charge on any atom is 0.196 e. The van der Waals surface area contributed by atoms with Gasteiger partial charge in [0, 0.05) is 23.1 Å². The molecule has 1 aliphatic heterocycles. The summed E-state index contributed by atoms with van der Waals surface area (Å²) >= 11 is 1.53. The Morgan fingerprint density at radius 2 is 1.75 bits per heavy atom. The van der Waals surface area contributed by atoms with Gasteiger partial charge in [-0.1, -0.05) is 48.5 Å². The third-order valence-electron chi connectivity index (χ3n) is 5.60. The fraction of sp³-hybridized carbons (Fsp3) is 0.0741. The van der Waals surface area contributed by atoms with Gasteiger partial charge >= 0.3 is 0 Å². The van der Waals surface area contributed by atoms with E-state index in [0.717, 1.165) is 33.4 Å². The monoisotopic (exact) mass is 436 g/mol. The fourth-order valence-electron chi connectivity index (χ4n) is 4.02. The number of allylic oxidation sites excluding steroid dienone is 1. The molecule has 0 spiro atoms. The first-order valence-electron chi connectivity index (χ1n) is 10.3. The number of pyridine rings is 1. The van der Waals surface area contributed by atoms with Crippen molar-refractivity contribution in [1.29, 1.82) is 0 Å². The van der Waals surface area contributed by atoms with E-state index in [0.29, 0.717) is 11.8 Å². The van der Waals surface area contributed by atoms with Crippen LogP contribution in [0.5, 0.6) is 0 Å². The average molecular weight is 437 g/mol. The molecule has 0 radical (unpaired) electrons. The van der Waals surface area contributed by atoms with E-state index in [2.05, 4.69) is 34.1 Å². The van der Waals surface area contributed by atoms with Crippen LogP contribution in [0.25, 0.3) is 6.08 Å². The molecule has 4 aromatic rings. The van der Waals surface area contributed by atoms with Gasteiger partial charge in [0.2, 0.25) is 0 Å². The summed E-state index contributed by atoms with van der Waals surface area (Å²) in [4.78, 5) is 32.3. The van der Waals surface area contributed by atoms with Crippen molar-refractivity contribution in [3.8, 4) is 0 Å². The summed E-state index contributed by atoms with van der Waals surface area (Å²) in [6.07, 6.45) is 4.96. The van der Waals surface area contributed by atoms with Crippen LogP contribution >= 0.6 is 11.3 Å². The predicted octanol–water partition coefficient (Wildman–Crippen LogP) is 6.29. The minimum absolute atomic E-state index is 0.144. The highest BCUT2D eigenvalue weighted by molar-refractivity contribution is 7.17. The molecular weight excluding hydrogens is 416 g/mol. The summed E-state index contributed by atoms with van der Waals surface area (Å²) in [5, 5.41) is 0.983. The molecule has 2 aromatic carbocycles. The second-order valence-electron chi connectivity index (χ2n) is 7.66. The third-order valence-corrected chi connectivity index (χ3v) is 6.62. The summed E-state index contributed by atoms with van der Waals surface area (Å²) in [7, 11) is 0. The third kappa shape index (κ3) is 3.57. The predicted molar refractivity (Wildman–Crippen MR) is 129 cm³/mol. The molecule has 5 heteroatoms. The number of aryl methyl sites for hydroxylation is 1. The number of fused-ring (bicyclic) bond motifs is 2. The van der Waals surface area contributed by atoms with E-state index >= 15 is 0 Å². The van der Waals surface area contributed by atoms with Gasteiger partial charge in [0.25, 0.3) is 0 Å². The smallest absolute Gasteiger partial charge is 0.196 e. The van der Waals surface area contributed by atoms with Crippen LogP contribution in [-0.4, -0.2) is 17.1 Å². The summed E-state index contributed by atoms with van der Waals surface area (Å²) < 4.78 is 0. The SMILES string of the molecule is Cc1ccccc1C(=O)/C(C=O)=C/c1ccc(N2c3ccccc3Cc3cccnc32)s1. The van der Waals surface area contributed by atoms with Crippen LogP contribution in [0, 0.1) is 6.92 Å². The zero-order valence-corrected chi connectivity index (χ0v) is 18.3. The molecule has 5 rings (SSSR count). The number of aldehydes is 1. The van der Waals surface area contributed by atoms with Crippen LogP contribution in [0.3, 0.4) is 0 Å². The summed E-state index contributed by atoms with van der Waals surface area (Å²) in [5.41, 5.74) is 5.05. The Morgan fingerprint density at radius 1 is 0.969 bits per heavy atom. The number of hydrogen-bond donors (Lipinski definition) is 0. The van der Waals surface area contributed by atoms with Crippen molar-refractivity contribution in [2.24, 2.45) is 0 Å². The standard InChI is InChI=1S/C27H20N2O2S/c1-18-7-2-4-10-23(18)26(31)21(17-30)16-22-12-13-25(32-22)29-24-11-5-3-8-19(24)15-20-9-6-14-28-27(20)29/h2-14,16-17H,15H2,1H3/b21-16+. The molecule has 0 saturated heterocycles. The molecule has 0 unspecified atom stereocenters. The second-order valence-corrected chi connectivity index (χ2v) is 8.76. The van der Waals surface area contributed by atoms with Crippen molar-refractivity contribution in [2.45, 2.75) is 13.3 Å². The van der Waals surface area contributed by atoms with Gasteiger partial charge in [-0.2, -0.15) is 0 Å². The van der Waals surface area contributed by atoms with Crippen LogP contribution in [0.1, 0.15) is 31.9 Å². The molecule has 0 N–H and O–H groups in total. The molecular formula is C27H20N2O2S. The number of para-hydroxylation sites is 1.